The van der Waals surface area contributed by atoms with E-state index in [-0.39, 0.29) is 11.0 Å². The molecule has 1 fully saturated rings. The van der Waals surface area contributed by atoms with Crippen molar-refractivity contribution in [2.24, 2.45) is 5.73 Å². The second-order valence-electron chi connectivity index (χ2n) is 5.69. The number of hydrogen-bond acceptors (Lipinski definition) is 2. The van der Waals surface area contributed by atoms with E-state index in [9.17, 15) is 0 Å². The minimum Gasteiger partial charge on any atom is -0.325 e. The Morgan fingerprint density at radius 1 is 1.33 bits per heavy atom. The van der Waals surface area contributed by atoms with Crippen LogP contribution in [-0.2, 0) is 18.3 Å². The number of nitrogens with two attached hydrogens (primary N) is 1. The first kappa shape index (κ1) is 9.40. The van der Waals surface area contributed by atoms with E-state index in [0.29, 0.717) is 0 Å². The van der Waals surface area contributed by atoms with Crippen molar-refractivity contribution < 1.29 is 0 Å². The Hall–Kier alpha value is -0.830. The summed E-state index contributed by atoms with van der Waals surface area (Å²) in [5.74, 6) is 0. The molecule has 1 aromatic rings. The number of nitrogens with one attached hydrogen (secondary N) is 1. The van der Waals surface area contributed by atoms with Crippen molar-refractivity contribution in [2.75, 3.05) is 0 Å². The van der Waals surface area contributed by atoms with E-state index in [1.54, 1.807) is 0 Å². The molecule has 1 saturated carbocycles. The second-order valence-corrected chi connectivity index (χ2v) is 5.69. The summed E-state index contributed by atoms with van der Waals surface area (Å²) in [7, 11) is 0. The monoisotopic (exact) mass is 205 g/mol. The van der Waals surface area contributed by atoms with E-state index in [1.807, 2.05) is 0 Å². The first-order valence-electron chi connectivity index (χ1n) is 5.90. The molecular weight excluding hydrogens is 186 g/mol. The van der Waals surface area contributed by atoms with Gasteiger partial charge in [-0.2, -0.15) is 5.10 Å². The number of aromatic amines is 1. The summed E-state index contributed by atoms with van der Waals surface area (Å²) in [4.78, 5) is 0. The molecule has 0 atom stereocenters. The predicted octanol–water partition coefficient (Wildman–Crippen LogP) is 1.67. The molecule has 3 N–H and O–H groups in total. The molecule has 2 aliphatic carbocycles. The summed E-state index contributed by atoms with van der Waals surface area (Å²) in [6.45, 7) is 4.27. The van der Waals surface area contributed by atoms with Gasteiger partial charge < -0.3 is 5.73 Å². The zero-order valence-electron chi connectivity index (χ0n) is 9.56. The minimum absolute atomic E-state index is 0.140. The molecule has 0 aliphatic heterocycles. The van der Waals surface area contributed by atoms with Gasteiger partial charge in [-0.15, -0.1) is 0 Å². The van der Waals surface area contributed by atoms with Gasteiger partial charge in [-0.3, -0.25) is 5.10 Å². The Morgan fingerprint density at radius 3 is 2.67 bits per heavy atom. The molecule has 1 aromatic heterocycles. The lowest BCUT2D eigenvalue weighted by Crippen LogP contribution is -2.45. The van der Waals surface area contributed by atoms with Crippen molar-refractivity contribution in [2.45, 2.75) is 56.9 Å². The van der Waals surface area contributed by atoms with Crippen molar-refractivity contribution >= 4 is 0 Å². The quantitative estimate of drug-likeness (QED) is 0.771. The topological polar surface area (TPSA) is 54.7 Å². The first-order valence-corrected chi connectivity index (χ1v) is 5.90. The van der Waals surface area contributed by atoms with Gasteiger partial charge in [0.25, 0.3) is 0 Å². The molecule has 3 heteroatoms. The van der Waals surface area contributed by atoms with Crippen LogP contribution in [0.25, 0.3) is 0 Å². The van der Waals surface area contributed by atoms with Crippen molar-refractivity contribution in [1.29, 1.82) is 0 Å². The molecule has 3 rings (SSSR count). The van der Waals surface area contributed by atoms with E-state index in [0.717, 1.165) is 0 Å². The highest BCUT2D eigenvalue weighted by Crippen LogP contribution is 2.55. The van der Waals surface area contributed by atoms with Crippen molar-refractivity contribution in [1.82, 2.24) is 10.2 Å². The fourth-order valence-corrected chi connectivity index (χ4v) is 3.03. The van der Waals surface area contributed by atoms with Crippen molar-refractivity contribution in [3.05, 3.63) is 17.0 Å². The Bertz CT molecular complexity index is 393. The van der Waals surface area contributed by atoms with Crippen molar-refractivity contribution in [3.63, 3.8) is 0 Å². The maximum Gasteiger partial charge on any atom is 0.0736 e. The summed E-state index contributed by atoms with van der Waals surface area (Å²) in [5.41, 5.74) is 10.5. The number of H-pyrrole nitrogens is 1. The lowest BCUT2D eigenvalue weighted by atomic mass is 9.80. The Labute approximate surface area is 90.4 Å². The molecule has 15 heavy (non-hydrogen) atoms. The van der Waals surface area contributed by atoms with Gasteiger partial charge in [0.05, 0.1) is 5.69 Å². The summed E-state index contributed by atoms with van der Waals surface area (Å²) in [5, 5.41) is 7.73. The highest BCUT2D eigenvalue weighted by Gasteiger charge is 2.56. The van der Waals surface area contributed by atoms with Crippen LogP contribution in [0.15, 0.2) is 0 Å². The molecular formula is C12H19N3. The maximum absolute atomic E-state index is 6.31. The molecule has 0 radical (unpaired) electrons. The van der Waals surface area contributed by atoms with Crippen LogP contribution in [0.5, 0.6) is 0 Å². The highest BCUT2D eigenvalue weighted by atomic mass is 15.1. The SMILES string of the molecule is CC(C)(N)C1(c2n[nH]c3c2CCC3)CC1. The largest absolute Gasteiger partial charge is 0.325 e. The van der Waals surface area contributed by atoms with Gasteiger partial charge >= 0.3 is 0 Å². The zero-order chi connectivity index (χ0) is 10.7. The maximum atomic E-state index is 6.31. The number of fused-ring (bicyclic) bond motifs is 1. The lowest BCUT2D eigenvalue weighted by molar-refractivity contribution is 0.381. The van der Waals surface area contributed by atoms with Crippen LogP contribution in [0, 0.1) is 0 Å². The molecule has 3 nitrogen and oxygen atoms in total. The lowest BCUT2D eigenvalue weighted by Gasteiger charge is -2.30. The number of aromatic nitrogens is 2. The van der Waals surface area contributed by atoms with Crippen LogP contribution in [-0.4, -0.2) is 15.7 Å². The van der Waals surface area contributed by atoms with Crippen LogP contribution in [0.2, 0.25) is 0 Å². The summed E-state index contributed by atoms with van der Waals surface area (Å²) < 4.78 is 0. The molecule has 0 spiro atoms. The van der Waals surface area contributed by atoms with E-state index in [4.69, 9.17) is 5.73 Å². The number of hydrogen-bond donors (Lipinski definition) is 2. The summed E-state index contributed by atoms with van der Waals surface area (Å²) in [6, 6.07) is 0. The van der Waals surface area contributed by atoms with Crippen molar-refractivity contribution in [3.8, 4) is 0 Å². The molecule has 0 unspecified atom stereocenters. The summed E-state index contributed by atoms with van der Waals surface area (Å²) >= 11 is 0. The number of rotatable bonds is 2. The third-order valence-corrected chi connectivity index (χ3v) is 4.24. The molecule has 82 valence electrons. The van der Waals surface area contributed by atoms with Crippen LogP contribution in [0.1, 0.15) is 50.1 Å². The van der Waals surface area contributed by atoms with Gasteiger partial charge in [-0.05, 0) is 51.5 Å². The zero-order valence-corrected chi connectivity index (χ0v) is 9.56. The molecule has 0 amide bonds. The minimum atomic E-state index is -0.140. The number of aryl methyl sites for hydroxylation is 1. The molecule has 1 heterocycles. The Balaban J connectivity index is 2.07. The van der Waals surface area contributed by atoms with Gasteiger partial charge in [0.2, 0.25) is 0 Å². The van der Waals surface area contributed by atoms with E-state index in [2.05, 4.69) is 24.0 Å². The Kier molecular flexibility index (Phi) is 1.66. The molecule has 0 bridgehead atoms. The predicted molar refractivity (Wildman–Crippen MR) is 59.8 cm³/mol. The summed E-state index contributed by atoms with van der Waals surface area (Å²) in [6.07, 6.45) is 6.04. The third-order valence-electron chi connectivity index (χ3n) is 4.24. The standard InChI is InChI=1S/C12H19N3/c1-11(2,13)12(6-7-12)10-8-4-3-5-9(8)14-15-10/h3-7,13H2,1-2H3,(H,14,15). The fourth-order valence-electron chi connectivity index (χ4n) is 3.03. The van der Waals surface area contributed by atoms with E-state index in [1.165, 1.54) is 49.1 Å². The molecule has 0 aromatic carbocycles. The molecule has 0 saturated heterocycles. The normalized spacial score (nSPS) is 22.9. The highest BCUT2D eigenvalue weighted by molar-refractivity contribution is 5.41. The van der Waals surface area contributed by atoms with Gasteiger partial charge in [0.1, 0.15) is 0 Å². The first-order chi connectivity index (χ1) is 7.05. The van der Waals surface area contributed by atoms with Crippen LogP contribution < -0.4 is 5.73 Å². The van der Waals surface area contributed by atoms with Crippen LogP contribution in [0.4, 0.5) is 0 Å². The average Bonchev–Trinajstić information content (AvgIpc) is 2.68. The van der Waals surface area contributed by atoms with E-state index >= 15 is 0 Å². The fraction of sp³-hybridized carbons (Fsp3) is 0.750. The third kappa shape index (κ3) is 1.13. The van der Waals surface area contributed by atoms with Crippen LogP contribution >= 0.6 is 0 Å². The van der Waals surface area contributed by atoms with Gasteiger partial charge in [0, 0.05) is 16.6 Å². The smallest absolute Gasteiger partial charge is 0.0736 e. The molecule has 2 aliphatic rings. The van der Waals surface area contributed by atoms with Gasteiger partial charge in [-0.1, -0.05) is 0 Å². The average molecular weight is 205 g/mol. The number of nitrogens with zero attached hydrogens (tertiary/aromatic N) is 1. The Morgan fingerprint density at radius 2 is 2.07 bits per heavy atom. The van der Waals surface area contributed by atoms with Crippen LogP contribution in [0.3, 0.4) is 0 Å². The second kappa shape index (κ2) is 2.64. The van der Waals surface area contributed by atoms with Gasteiger partial charge in [0.15, 0.2) is 0 Å². The van der Waals surface area contributed by atoms with E-state index < -0.39 is 0 Å². The van der Waals surface area contributed by atoms with Gasteiger partial charge in [-0.25, -0.2) is 0 Å².